The Bertz CT molecular complexity index is 1230. The van der Waals surface area contributed by atoms with Crippen molar-refractivity contribution in [2.24, 2.45) is 0 Å². The van der Waals surface area contributed by atoms with Crippen LogP contribution in [0.25, 0.3) is 10.9 Å². The van der Waals surface area contributed by atoms with E-state index in [2.05, 4.69) is 5.32 Å². The number of benzene rings is 2. The van der Waals surface area contributed by atoms with E-state index in [1.165, 1.54) is 35.9 Å². The summed E-state index contributed by atoms with van der Waals surface area (Å²) in [5.74, 6) is -1.10. The molecular formula is C25H25N3O5. The predicted molar refractivity (Wildman–Crippen MR) is 122 cm³/mol. The van der Waals surface area contributed by atoms with Gasteiger partial charge < -0.3 is 14.8 Å². The van der Waals surface area contributed by atoms with E-state index >= 15 is 0 Å². The zero-order valence-electron chi connectivity index (χ0n) is 18.9. The largest absolute Gasteiger partial charge is 0.467 e. The monoisotopic (exact) mass is 447 g/mol. The maximum Gasteiger partial charge on any atom is 0.419 e. The second kappa shape index (κ2) is 9.57. The van der Waals surface area contributed by atoms with Crippen LogP contribution < -0.4 is 5.32 Å². The molecule has 33 heavy (non-hydrogen) atoms. The average molecular weight is 447 g/mol. The van der Waals surface area contributed by atoms with Gasteiger partial charge in [-0.2, -0.15) is 5.26 Å². The van der Waals surface area contributed by atoms with Crippen LogP contribution in [0.2, 0.25) is 0 Å². The van der Waals surface area contributed by atoms with E-state index in [1.807, 2.05) is 18.2 Å². The number of fused-ring (bicyclic) bond motifs is 1. The first-order valence-corrected chi connectivity index (χ1v) is 10.3. The molecule has 0 bridgehead atoms. The van der Waals surface area contributed by atoms with Crippen LogP contribution >= 0.6 is 0 Å². The highest BCUT2D eigenvalue weighted by molar-refractivity contribution is 5.97. The van der Waals surface area contributed by atoms with Crippen LogP contribution in [0.1, 0.15) is 42.3 Å². The Morgan fingerprint density at radius 3 is 2.36 bits per heavy atom. The molecule has 0 aliphatic heterocycles. The van der Waals surface area contributed by atoms with Crippen LogP contribution in [0.3, 0.4) is 0 Å². The summed E-state index contributed by atoms with van der Waals surface area (Å²) in [6.45, 7) is 5.34. The van der Waals surface area contributed by atoms with Gasteiger partial charge >= 0.3 is 12.1 Å². The van der Waals surface area contributed by atoms with Gasteiger partial charge in [-0.05, 0) is 56.7 Å². The summed E-state index contributed by atoms with van der Waals surface area (Å²) in [5, 5.41) is 12.4. The van der Waals surface area contributed by atoms with Gasteiger partial charge in [0.25, 0.3) is 5.91 Å². The van der Waals surface area contributed by atoms with Crippen molar-refractivity contribution in [1.29, 1.82) is 5.26 Å². The Balaban J connectivity index is 1.91. The van der Waals surface area contributed by atoms with Crippen molar-refractivity contribution in [3.05, 3.63) is 71.4 Å². The van der Waals surface area contributed by atoms with Crippen molar-refractivity contribution in [3.63, 3.8) is 0 Å². The second-order valence-corrected chi connectivity index (χ2v) is 8.46. The summed E-state index contributed by atoms with van der Waals surface area (Å²) in [6.07, 6.45) is 1.18. The minimum atomic E-state index is -0.990. The number of ether oxygens (including phenoxy) is 2. The van der Waals surface area contributed by atoms with Crippen LogP contribution in [0, 0.1) is 11.3 Å². The Kier molecular flexibility index (Phi) is 6.83. The second-order valence-electron chi connectivity index (χ2n) is 8.46. The Morgan fingerprint density at radius 1 is 1.09 bits per heavy atom. The third kappa shape index (κ3) is 5.57. The molecule has 0 spiro atoms. The lowest BCUT2D eigenvalue weighted by Crippen LogP contribution is -2.43. The highest BCUT2D eigenvalue weighted by Crippen LogP contribution is 2.24. The molecule has 0 aliphatic carbocycles. The first kappa shape index (κ1) is 23.5. The zero-order chi connectivity index (χ0) is 24.2. The predicted octanol–water partition coefficient (Wildman–Crippen LogP) is 3.81. The van der Waals surface area contributed by atoms with E-state index in [-0.39, 0.29) is 6.42 Å². The molecule has 0 saturated carbocycles. The molecule has 0 aliphatic rings. The summed E-state index contributed by atoms with van der Waals surface area (Å²) in [4.78, 5) is 37.9. The summed E-state index contributed by atoms with van der Waals surface area (Å²) in [6, 6.07) is 14.3. The van der Waals surface area contributed by atoms with Gasteiger partial charge in [0.2, 0.25) is 0 Å². The number of para-hydroxylation sites is 1. The summed E-state index contributed by atoms with van der Waals surface area (Å²) >= 11 is 0. The van der Waals surface area contributed by atoms with Crippen LogP contribution in [-0.4, -0.2) is 41.3 Å². The molecule has 8 heteroatoms. The molecule has 0 fully saturated rings. The van der Waals surface area contributed by atoms with Gasteiger partial charge in [-0.1, -0.05) is 18.2 Å². The number of nitrogens with one attached hydrogen (secondary N) is 1. The van der Waals surface area contributed by atoms with Crippen LogP contribution in [-0.2, 0) is 20.7 Å². The number of aromatic nitrogens is 1. The van der Waals surface area contributed by atoms with Gasteiger partial charge in [-0.25, -0.2) is 9.59 Å². The number of methoxy groups -OCH3 is 1. The summed E-state index contributed by atoms with van der Waals surface area (Å²) in [5.41, 5.74) is 1.35. The maximum atomic E-state index is 12.7. The number of rotatable bonds is 5. The van der Waals surface area contributed by atoms with Gasteiger partial charge in [-0.15, -0.1) is 0 Å². The number of nitrogens with zero attached hydrogens (tertiary/aromatic N) is 2. The smallest absolute Gasteiger partial charge is 0.419 e. The van der Waals surface area contributed by atoms with Crippen molar-refractivity contribution in [1.82, 2.24) is 9.88 Å². The molecule has 3 rings (SSSR count). The molecule has 0 saturated heterocycles. The Morgan fingerprint density at radius 2 is 1.76 bits per heavy atom. The molecule has 170 valence electrons. The lowest BCUT2D eigenvalue weighted by molar-refractivity contribution is -0.142. The SMILES string of the molecule is COC(=O)[C@@H](Cc1cn(C(=O)OC(C)(C)C)c2ccccc12)NC(=O)c1ccc(C#N)cc1. The standard InChI is InChI=1S/C25H25N3O5/c1-25(2,3)33-24(31)28-15-18(19-7-5-6-8-21(19)28)13-20(23(30)32-4)27-22(29)17-11-9-16(14-26)10-12-17/h5-12,15,20H,13H2,1-4H3,(H,27,29)/t20-/m1/s1. The molecule has 1 atom stereocenters. The molecular weight excluding hydrogens is 422 g/mol. The summed E-state index contributed by atoms with van der Waals surface area (Å²) in [7, 11) is 1.24. The van der Waals surface area contributed by atoms with E-state index in [1.54, 1.807) is 39.1 Å². The number of carbonyl (C=O) groups is 3. The fourth-order valence-electron chi connectivity index (χ4n) is 3.37. The molecule has 2 aromatic carbocycles. The average Bonchev–Trinajstić information content (AvgIpc) is 3.15. The van der Waals surface area contributed by atoms with Crippen LogP contribution in [0.15, 0.2) is 54.7 Å². The highest BCUT2D eigenvalue weighted by Gasteiger charge is 2.26. The number of amides is 1. The minimum Gasteiger partial charge on any atom is -0.467 e. The van der Waals surface area contributed by atoms with Crippen LogP contribution in [0.4, 0.5) is 4.79 Å². The summed E-state index contributed by atoms with van der Waals surface area (Å²) < 4.78 is 11.8. The number of hydrogen-bond donors (Lipinski definition) is 1. The number of nitriles is 1. The third-order valence-corrected chi connectivity index (χ3v) is 4.88. The third-order valence-electron chi connectivity index (χ3n) is 4.88. The molecule has 1 N–H and O–H groups in total. The van der Waals surface area contributed by atoms with Crippen molar-refractivity contribution in [2.45, 2.75) is 38.8 Å². The van der Waals surface area contributed by atoms with Crippen LogP contribution in [0.5, 0.6) is 0 Å². The highest BCUT2D eigenvalue weighted by atomic mass is 16.6. The van der Waals surface area contributed by atoms with Gasteiger partial charge in [0.1, 0.15) is 11.6 Å². The van der Waals surface area contributed by atoms with Crippen molar-refractivity contribution in [3.8, 4) is 6.07 Å². The first-order chi connectivity index (χ1) is 15.6. The molecule has 0 radical (unpaired) electrons. The zero-order valence-corrected chi connectivity index (χ0v) is 18.9. The van der Waals surface area contributed by atoms with Crippen molar-refractivity contribution in [2.75, 3.05) is 7.11 Å². The molecule has 1 amide bonds. The van der Waals surface area contributed by atoms with Gasteiger partial charge in [0.05, 0.1) is 24.3 Å². The topological polar surface area (TPSA) is 110 Å². The molecule has 3 aromatic rings. The molecule has 0 unspecified atom stereocenters. The minimum absolute atomic E-state index is 0.102. The normalized spacial score (nSPS) is 12.0. The van der Waals surface area contributed by atoms with Crippen molar-refractivity contribution >= 4 is 28.9 Å². The van der Waals surface area contributed by atoms with E-state index in [0.29, 0.717) is 22.2 Å². The molecule has 1 aromatic heterocycles. The van der Waals surface area contributed by atoms with Gasteiger partial charge in [0, 0.05) is 23.6 Å². The fraction of sp³-hybridized carbons (Fsp3) is 0.280. The Hall–Kier alpha value is -4.12. The number of carbonyl (C=O) groups excluding carboxylic acids is 3. The van der Waals surface area contributed by atoms with E-state index in [9.17, 15) is 14.4 Å². The van der Waals surface area contributed by atoms with E-state index in [0.717, 1.165) is 5.39 Å². The van der Waals surface area contributed by atoms with E-state index in [4.69, 9.17) is 14.7 Å². The number of hydrogen-bond acceptors (Lipinski definition) is 6. The van der Waals surface area contributed by atoms with Crippen molar-refractivity contribution < 1.29 is 23.9 Å². The molecule has 1 heterocycles. The maximum absolute atomic E-state index is 12.7. The molecule has 8 nitrogen and oxygen atoms in total. The quantitative estimate of drug-likeness (QED) is 0.596. The lowest BCUT2D eigenvalue weighted by Gasteiger charge is -2.19. The lowest BCUT2D eigenvalue weighted by atomic mass is 10.0. The van der Waals surface area contributed by atoms with E-state index < -0.39 is 29.6 Å². The fourth-order valence-corrected chi connectivity index (χ4v) is 3.37. The van der Waals surface area contributed by atoms with Gasteiger partial charge in [-0.3, -0.25) is 9.36 Å². The number of esters is 1. The Labute approximate surface area is 191 Å². The van der Waals surface area contributed by atoms with Gasteiger partial charge in [0.15, 0.2) is 0 Å². The first-order valence-electron chi connectivity index (χ1n) is 10.3.